The number of ether oxygens (including phenoxy) is 1. The number of likely N-dealkylation sites (tertiary alicyclic amines) is 2. The Kier molecular flexibility index (Phi) is 15.3. The van der Waals surface area contributed by atoms with Crippen molar-refractivity contribution in [2.75, 3.05) is 13.1 Å². The zero-order valence-electron chi connectivity index (χ0n) is 39.3. The maximum absolute atomic E-state index is 14.5. The first-order chi connectivity index (χ1) is 32.6. The van der Waals surface area contributed by atoms with Gasteiger partial charge in [0.05, 0.1) is 56.5 Å². The van der Waals surface area contributed by atoms with E-state index in [1.54, 1.807) is 33.8 Å². The molecular weight excluding hydrogens is 921 g/mol. The number of amides is 4. The summed E-state index contributed by atoms with van der Waals surface area (Å²) < 4.78 is 12.6. The number of aliphatic hydroxyl groups is 1. The molecule has 6 heterocycles. The number of carbonyl (C=O) groups excluding carboxylic acids is 4. The highest BCUT2D eigenvalue weighted by Gasteiger charge is 2.45. The molecule has 18 heteroatoms. The summed E-state index contributed by atoms with van der Waals surface area (Å²) in [6.07, 6.45) is 2.28. The highest BCUT2D eigenvalue weighted by atomic mass is 32.1. The average Bonchev–Trinajstić information content (AvgIpc) is 4.19. The topological polar surface area (TPSA) is 193 Å². The van der Waals surface area contributed by atoms with Gasteiger partial charge in [0.15, 0.2) is 0 Å². The average molecular weight is 979 g/mol. The van der Waals surface area contributed by atoms with Crippen LogP contribution in [0.2, 0.25) is 0 Å². The van der Waals surface area contributed by atoms with Gasteiger partial charge in [0.1, 0.15) is 35.4 Å². The fraction of sp³-hybridized carbons (Fsp3) is 0.440. The molecule has 8 rings (SSSR count). The molecular formula is C50H58N8O7S3. The lowest BCUT2D eigenvalue weighted by Gasteiger charge is -2.29. The number of rotatable bonds is 17. The van der Waals surface area contributed by atoms with Crippen LogP contribution in [0.1, 0.15) is 96.4 Å². The van der Waals surface area contributed by atoms with Crippen LogP contribution in [-0.2, 0) is 43.6 Å². The summed E-state index contributed by atoms with van der Waals surface area (Å²) in [6, 6.07) is 14.3. The maximum atomic E-state index is 14.5. The van der Waals surface area contributed by atoms with Crippen molar-refractivity contribution in [1.29, 1.82) is 0 Å². The molecule has 2 saturated heterocycles. The first-order valence-corrected chi connectivity index (χ1v) is 25.5. The van der Waals surface area contributed by atoms with Gasteiger partial charge in [0.2, 0.25) is 29.5 Å². The molecule has 2 aromatic carbocycles. The third-order valence-corrected chi connectivity index (χ3v) is 15.6. The summed E-state index contributed by atoms with van der Waals surface area (Å²) >= 11 is 4.64. The van der Waals surface area contributed by atoms with Gasteiger partial charge in [-0.15, -0.1) is 34.0 Å². The van der Waals surface area contributed by atoms with E-state index in [0.29, 0.717) is 10.8 Å². The fourth-order valence-corrected chi connectivity index (χ4v) is 11.7. The second-order valence-electron chi connectivity index (χ2n) is 18.4. The first-order valence-electron chi connectivity index (χ1n) is 23.0. The highest BCUT2D eigenvalue weighted by Crippen LogP contribution is 2.35. The Bertz CT molecular complexity index is 2710. The first kappa shape index (κ1) is 48.8. The van der Waals surface area contributed by atoms with Crippen LogP contribution in [0, 0.1) is 32.6 Å². The standard InChI is InChI=1S/C50H58N8O7S3/c1-27(2)41(49(62)57-22-36(59)16-39(57)45(60)51-19-32-8-12-34(13-9-32)43-30(6)55-25-66-43)47-53-21-38(65-47)24-64-37-17-40(58(23-37)50(63)42(28(3)4)48-54-18-29(5)68-48)46(61)52-20-33-10-14-35(15-11-33)44-31(7)56-26-67-44/h8-15,18,21,25-28,36-37,39-42,59H,16-17,19-20,22-24H2,1-7H3,(H,51,60)(H,52,61)/t36-,37-,39+,40+,41-,42-/m1/s1. The third kappa shape index (κ3) is 10.9. The van der Waals surface area contributed by atoms with Gasteiger partial charge in [0.25, 0.3) is 0 Å². The van der Waals surface area contributed by atoms with Crippen LogP contribution < -0.4 is 10.6 Å². The number of β-amino-alcohol motifs (C(OH)–C–C–N with tert-alkyl or cyclic N) is 1. The van der Waals surface area contributed by atoms with Crippen molar-refractivity contribution in [2.24, 2.45) is 11.8 Å². The molecule has 0 spiro atoms. The summed E-state index contributed by atoms with van der Waals surface area (Å²) in [5.41, 5.74) is 9.52. The summed E-state index contributed by atoms with van der Waals surface area (Å²) in [6.45, 7) is 14.4. The van der Waals surface area contributed by atoms with E-state index < -0.39 is 36.1 Å². The van der Waals surface area contributed by atoms with Gasteiger partial charge < -0.3 is 34.7 Å². The van der Waals surface area contributed by atoms with Crippen molar-refractivity contribution in [3.63, 3.8) is 0 Å². The summed E-state index contributed by atoms with van der Waals surface area (Å²) in [5.74, 6) is -2.34. The Labute approximate surface area is 408 Å². The van der Waals surface area contributed by atoms with E-state index in [0.717, 1.165) is 48.3 Å². The van der Waals surface area contributed by atoms with Crippen LogP contribution >= 0.6 is 34.0 Å². The molecule has 68 heavy (non-hydrogen) atoms. The fourth-order valence-electron chi connectivity index (χ4n) is 8.99. The Balaban J connectivity index is 0.915. The number of hydrogen-bond acceptors (Lipinski definition) is 14. The van der Waals surface area contributed by atoms with E-state index in [-0.39, 0.29) is 87.0 Å². The van der Waals surface area contributed by atoms with Gasteiger partial charge in [-0.1, -0.05) is 76.2 Å². The van der Waals surface area contributed by atoms with E-state index in [1.165, 1.54) is 22.4 Å². The molecule has 0 saturated carbocycles. The molecule has 4 amide bonds. The third-order valence-electron chi connectivity index (χ3n) is 12.6. The number of nitrogens with zero attached hydrogens (tertiary/aromatic N) is 6. The van der Waals surface area contributed by atoms with E-state index in [2.05, 4.69) is 30.6 Å². The number of thiazole rings is 3. The molecule has 6 aromatic rings. The molecule has 3 N–H and O–H groups in total. The molecule has 2 aliphatic rings. The van der Waals surface area contributed by atoms with Crippen LogP contribution in [-0.4, -0.2) is 95.9 Å². The summed E-state index contributed by atoms with van der Waals surface area (Å²) in [4.78, 5) is 80.5. The number of carbonyl (C=O) groups is 4. The number of aliphatic hydroxyl groups excluding tert-OH is 1. The second kappa shape index (κ2) is 21.3. The number of aromatic nitrogens is 4. The largest absolute Gasteiger partial charge is 0.442 e. The quantitative estimate of drug-likeness (QED) is 0.0817. The van der Waals surface area contributed by atoms with Crippen LogP contribution in [0.15, 0.2) is 76.4 Å². The Morgan fingerprint density at radius 2 is 1.25 bits per heavy atom. The molecule has 0 unspecified atom stereocenters. The van der Waals surface area contributed by atoms with E-state index in [9.17, 15) is 24.3 Å². The molecule has 0 aliphatic carbocycles. The monoisotopic (exact) mass is 978 g/mol. The van der Waals surface area contributed by atoms with E-state index >= 15 is 0 Å². The van der Waals surface area contributed by atoms with Gasteiger partial charge in [-0.2, -0.15) is 0 Å². The molecule has 2 fully saturated rings. The Morgan fingerprint density at radius 3 is 1.75 bits per heavy atom. The van der Waals surface area contributed by atoms with Gasteiger partial charge in [-0.05, 0) is 54.9 Å². The lowest BCUT2D eigenvalue weighted by Crippen LogP contribution is -2.48. The predicted octanol–water partition coefficient (Wildman–Crippen LogP) is 7.56. The van der Waals surface area contributed by atoms with Crippen LogP contribution in [0.4, 0.5) is 0 Å². The van der Waals surface area contributed by atoms with E-state index in [4.69, 9.17) is 9.15 Å². The zero-order chi connectivity index (χ0) is 48.2. The van der Waals surface area contributed by atoms with Crippen LogP contribution in [0.25, 0.3) is 20.9 Å². The van der Waals surface area contributed by atoms with Crippen molar-refractivity contribution in [3.8, 4) is 20.9 Å². The number of oxazole rings is 1. The van der Waals surface area contributed by atoms with Crippen molar-refractivity contribution >= 4 is 57.6 Å². The minimum absolute atomic E-state index is 0.00465. The normalized spacial score (nSPS) is 19.2. The smallest absolute Gasteiger partial charge is 0.243 e. The molecule has 0 bridgehead atoms. The number of benzene rings is 2. The van der Waals surface area contributed by atoms with Gasteiger partial charge in [-0.25, -0.2) is 19.9 Å². The minimum atomic E-state index is -0.872. The Morgan fingerprint density at radius 1 is 0.721 bits per heavy atom. The van der Waals surface area contributed by atoms with Crippen molar-refractivity contribution in [1.82, 2.24) is 40.4 Å². The molecule has 358 valence electrons. The lowest BCUT2D eigenvalue weighted by atomic mass is 9.93. The molecule has 15 nitrogen and oxygen atoms in total. The molecule has 6 atom stereocenters. The predicted molar refractivity (Wildman–Crippen MR) is 262 cm³/mol. The van der Waals surface area contributed by atoms with Gasteiger partial charge in [0, 0.05) is 50.1 Å². The van der Waals surface area contributed by atoms with Crippen molar-refractivity contribution in [2.45, 2.75) is 117 Å². The molecule has 4 aromatic heterocycles. The number of aryl methyl sites for hydroxylation is 3. The molecule has 2 aliphatic heterocycles. The minimum Gasteiger partial charge on any atom is -0.442 e. The van der Waals surface area contributed by atoms with Crippen LogP contribution in [0.3, 0.4) is 0 Å². The molecule has 0 radical (unpaired) electrons. The van der Waals surface area contributed by atoms with Crippen molar-refractivity contribution < 1.29 is 33.4 Å². The lowest BCUT2D eigenvalue weighted by molar-refractivity contribution is -0.141. The van der Waals surface area contributed by atoms with Crippen molar-refractivity contribution in [3.05, 3.63) is 116 Å². The number of hydrogen-bond donors (Lipinski definition) is 3. The zero-order valence-corrected chi connectivity index (χ0v) is 41.8. The SMILES string of the molecule is Cc1cnc([C@H](C(=O)N2C[C@H](OCc3cnc([C@H](C(=O)N4C[C@H](O)C[C@H]4C(=O)NCc4ccc(-c5scnc5C)cc4)C(C)C)o3)C[C@H]2C(=O)NCc2ccc(-c3scnc3C)cc2)C(C)C)s1. The van der Waals surface area contributed by atoms with Gasteiger partial charge >= 0.3 is 0 Å². The maximum Gasteiger partial charge on any atom is 0.243 e. The Hall–Kier alpha value is -5.66. The second-order valence-corrected chi connectivity index (χ2v) is 21.3. The highest BCUT2D eigenvalue weighted by molar-refractivity contribution is 7.13. The van der Waals surface area contributed by atoms with Crippen LogP contribution in [0.5, 0.6) is 0 Å². The van der Waals surface area contributed by atoms with E-state index in [1.807, 2.05) is 108 Å². The summed E-state index contributed by atoms with van der Waals surface area (Å²) in [7, 11) is 0. The van der Waals surface area contributed by atoms with Gasteiger partial charge in [-0.3, -0.25) is 19.2 Å². The summed E-state index contributed by atoms with van der Waals surface area (Å²) in [5, 5.41) is 17.5. The number of nitrogens with one attached hydrogen (secondary N) is 2.